The highest BCUT2D eigenvalue weighted by Gasteiger charge is 2.29. The van der Waals surface area contributed by atoms with Gasteiger partial charge in [0.2, 0.25) is 0 Å². The van der Waals surface area contributed by atoms with Crippen LogP contribution in [-0.2, 0) is 4.79 Å². The van der Waals surface area contributed by atoms with E-state index in [0.717, 1.165) is 0 Å². The molecule has 1 atom stereocenters. The Bertz CT molecular complexity index is 1150. The molecule has 8 nitrogen and oxygen atoms in total. The standard InChI is InChI=1S/C20H20F2N6O2/c1-11(21)20(29)27-7-3-4-13(9-27)28-19-16(18(23)24-10-25-19)17(26-28)12-5-6-15(30-2)14(22)8-12/h5-6,8,10,13H,1,3-4,7,9H2,2H3,(H2,23,24,25). The van der Waals surface area contributed by atoms with Crippen molar-refractivity contribution < 1.29 is 18.3 Å². The first-order chi connectivity index (χ1) is 14.4. The van der Waals surface area contributed by atoms with E-state index in [1.165, 1.54) is 30.5 Å². The van der Waals surface area contributed by atoms with E-state index in [2.05, 4.69) is 21.6 Å². The first-order valence-corrected chi connectivity index (χ1v) is 9.37. The van der Waals surface area contributed by atoms with Crippen LogP contribution in [0.25, 0.3) is 22.3 Å². The summed E-state index contributed by atoms with van der Waals surface area (Å²) in [7, 11) is 1.39. The third-order valence-corrected chi connectivity index (χ3v) is 5.21. The molecule has 1 aromatic carbocycles. The molecule has 1 saturated heterocycles. The Hall–Kier alpha value is -3.56. The van der Waals surface area contributed by atoms with Crippen molar-refractivity contribution in [3.8, 4) is 17.0 Å². The molecule has 1 fully saturated rings. The van der Waals surface area contributed by atoms with Crippen molar-refractivity contribution in [3.05, 3.63) is 42.7 Å². The minimum Gasteiger partial charge on any atom is -0.494 e. The van der Waals surface area contributed by atoms with Crippen molar-refractivity contribution in [2.24, 2.45) is 0 Å². The topological polar surface area (TPSA) is 99.2 Å². The molecule has 0 aliphatic carbocycles. The van der Waals surface area contributed by atoms with Crippen molar-refractivity contribution in [2.45, 2.75) is 18.9 Å². The number of hydrogen-bond donors (Lipinski definition) is 1. The highest BCUT2D eigenvalue weighted by Crippen LogP contribution is 2.35. The number of hydrogen-bond acceptors (Lipinski definition) is 6. The number of carbonyl (C=O) groups excluding carboxylic acids is 1. The third-order valence-electron chi connectivity index (χ3n) is 5.21. The number of ether oxygens (including phenoxy) is 1. The van der Waals surface area contributed by atoms with Crippen LogP contribution in [0.5, 0.6) is 5.75 Å². The van der Waals surface area contributed by atoms with E-state index in [1.807, 2.05) is 0 Å². The fourth-order valence-corrected chi connectivity index (χ4v) is 3.78. The number of rotatable bonds is 4. The Morgan fingerprint density at radius 3 is 2.87 bits per heavy atom. The molecule has 1 amide bonds. The minimum absolute atomic E-state index is 0.111. The number of benzene rings is 1. The van der Waals surface area contributed by atoms with Crippen molar-refractivity contribution in [3.63, 3.8) is 0 Å². The van der Waals surface area contributed by atoms with E-state index < -0.39 is 17.6 Å². The van der Waals surface area contributed by atoms with Gasteiger partial charge in [-0.3, -0.25) is 4.79 Å². The summed E-state index contributed by atoms with van der Waals surface area (Å²) in [6.45, 7) is 3.78. The van der Waals surface area contributed by atoms with Gasteiger partial charge < -0.3 is 15.4 Å². The number of aromatic nitrogens is 4. The fraction of sp³-hybridized carbons (Fsp3) is 0.300. The third kappa shape index (κ3) is 3.34. The molecule has 1 unspecified atom stereocenters. The summed E-state index contributed by atoms with van der Waals surface area (Å²) in [5.41, 5.74) is 7.47. The van der Waals surface area contributed by atoms with Gasteiger partial charge in [0, 0.05) is 18.7 Å². The summed E-state index contributed by atoms with van der Waals surface area (Å²) in [5, 5.41) is 5.14. The highest BCUT2D eigenvalue weighted by molar-refractivity contribution is 5.98. The molecule has 2 aromatic heterocycles. The second-order valence-electron chi connectivity index (χ2n) is 7.05. The zero-order chi connectivity index (χ0) is 21.4. The van der Waals surface area contributed by atoms with E-state index >= 15 is 0 Å². The van der Waals surface area contributed by atoms with Gasteiger partial charge in [-0.15, -0.1) is 0 Å². The normalized spacial score (nSPS) is 16.6. The molecule has 0 saturated carbocycles. The molecule has 3 heterocycles. The van der Waals surface area contributed by atoms with Gasteiger partial charge in [0.05, 0.1) is 18.5 Å². The molecule has 4 rings (SSSR count). The number of carbonyl (C=O) groups is 1. The van der Waals surface area contributed by atoms with Gasteiger partial charge in [0.1, 0.15) is 17.8 Å². The largest absolute Gasteiger partial charge is 0.494 e. The number of nitrogen functional groups attached to an aromatic ring is 1. The lowest BCUT2D eigenvalue weighted by molar-refractivity contribution is -0.130. The Morgan fingerprint density at radius 1 is 1.37 bits per heavy atom. The molecular weight excluding hydrogens is 394 g/mol. The Kier molecular flexibility index (Phi) is 5.06. The van der Waals surface area contributed by atoms with Crippen LogP contribution in [0, 0.1) is 5.82 Å². The zero-order valence-electron chi connectivity index (χ0n) is 16.3. The first kappa shape index (κ1) is 19.7. The molecule has 0 bridgehead atoms. The Balaban J connectivity index is 1.81. The number of fused-ring (bicyclic) bond motifs is 1. The Labute approximate surface area is 171 Å². The average Bonchev–Trinajstić information content (AvgIpc) is 3.14. The number of halogens is 2. The van der Waals surface area contributed by atoms with E-state index in [9.17, 15) is 13.6 Å². The van der Waals surface area contributed by atoms with Gasteiger partial charge in [-0.2, -0.15) is 5.10 Å². The van der Waals surface area contributed by atoms with Crippen LogP contribution >= 0.6 is 0 Å². The van der Waals surface area contributed by atoms with Gasteiger partial charge >= 0.3 is 0 Å². The lowest BCUT2D eigenvalue weighted by atomic mass is 10.1. The van der Waals surface area contributed by atoms with E-state index in [4.69, 9.17) is 10.5 Å². The van der Waals surface area contributed by atoms with Crippen molar-refractivity contribution >= 4 is 22.8 Å². The number of piperidine rings is 1. The summed E-state index contributed by atoms with van der Waals surface area (Å²) in [6, 6.07) is 4.23. The monoisotopic (exact) mass is 414 g/mol. The predicted octanol–water partition coefficient (Wildman–Crippen LogP) is 2.87. The molecular formula is C20H20F2N6O2. The van der Waals surface area contributed by atoms with Crippen LogP contribution in [-0.4, -0.2) is 50.8 Å². The minimum atomic E-state index is -0.998. The van der Waals surface area contributed by atoms with Crippen LogP contribution in [0.3, 0.4) is 0 Å². The van der Waals surface area contributed by atoms with Gasteiger partial charge in [-0.1, -0.05) is 6.58 Å². The number of anilines is 1. The van der Waals surface area contributed by atoms with Crippen molar-refractivity contribution in [1.82, 2.24) is 24.6 Å². The van der Waals surface area contributed by atoms with Gasteiger partial charge in [-0.05, 0) is 31.0 Å². The SMILES string of the molecule is C=C(F)C(=O)N1CCCC(n2nc(-c3ccc(OC)c(F)c3)c3c(N)ncnc32)C1. The van der Waals surface area contributed by atoms with Crippen LogP contribution in [0.2, 0.25) is 0 Å². The van der Waals surface area contributed by atoms with Gasteiger partial charge in [0.25, 0.3) is 5.91 Å². The maximum Gasteiger partial charge on any atom is 0.282 e. The van der Waals surface area contributed by atoms with Crippen LogP contribution < -0.4 is 10.5 Å². The van der Waals surface area contributed by atoms with Crippen LogP contribution in [0.1, 0.15) is 18.9 Å². The smallest absolute Gasteiger partial charge is 0.282 e. The number of amides is 1. The maximum absolute atomic E-state index is 14.3. The Morgan fingerprint density at radius 2 is 2.17 bits per heavy atom. The van der Waals surface area contributed by atoms with E-state index in [0.29, 0.717) is 41.7 Å². The lowest BCUT2D eigenvalue weighted by Gasteiger charge is -2.32. The zero-order valence-corrected chi connectivity index (χ0v) is 16.3. The molecule has 0 spiro atoms. The first-order valence-electron chi connectivity index (χ1n) is 9.37. The fourth-order valence-electron chi connectivity index (χ4n) is 3.78. The predicted molar refractivity (Wildman–Crippen MR) is 107 cm³/mol. The summed E-state index contributed by atoms with van der Waals surface area (Å²) < 4.78 is 34.3. The van der Waals surface area contributed by atoms with Crippen molar-refractivity contribution in [1.29, 1.82) is 0 Å². The summed E-state index contributed by atoms with van der Waals surface area (Å²) >= 11 is 0. The molecule has 30 heavy (non-hydrogen) atoms. The summed E-state index contributed by atoms with van der Waals surface area (Å²) in [5.74, 6) is -1.95. The lowest BCUT2D eigenvalue weighted by Crippen LogP contribution is -2.41. The number of likely N-dealkylation sites (tertiary alicyclic amines) is 1. The molecule has 10 heteroatoms. The van der Waals surface area contributed by atoms with Gasteiger partial charge in [-0.25, -0.2) is 23.4 Å². The molecule has 1 aliphatic heterocycles. The van der Waals surface area contributed by atoms with E-state index in [-0.39, 0.29) is 24.2 Å². The summed E-state index contributed by atoms with van der Waals surface area (Å²) in [6.07, 6.45) is 2.70. The molecule has 156 valence electrons. The second-order valence-corrected chi connectivity index (χ2v) is 7.05. The summed E-state index contributed by atoms with van der Waals surface area (Å²) in [4.78, 5) is 21.8. The van der Waals surface area contributed by atoms with E-state index in [1.54, 1.807) is 10.7 Å². The number of nitrogens with zero attached hydrogens (tertiary/aromatic N) is 5. The molecule has 0 radical (unpaired) electrons. The number of nitrogens with two attached hydrogens (primary N) is 1. The quantitative estimate of drug-likeness (QED) is 0.659. The van der Waals surface area contributed by atoms with Crippen LogP contribution in [0.15, 0.2) is 36.9 Å². The van der Waals surface area contributed by atoms with Gasteiger partial charge in [0.15, 0.2) is 23.0 Å². The molecule has 1 aliphatic rings. The maximum atomic E-state index is 14.3. The molecule has 3 aromatic rings. The highest BCUT2D eigenvalue weighted by atomic mass is 19.1. The van der Waals surface area contributed by atoms with Crippen molar-refractivity contribution in [2.75, 3.05) is 25.9 Å². The molecule has 2 N–H and O–H groups in total. The average molecular weight is 414 g/mol. The number of methoxy groups -OCH3 is 1. The van der Waals surface area contributed by atoms with Crippen LogP contribution in [0.4, 0.5) is 14.6 Å². The second kappa shape index (κ2) is 7.69.